The monoisotopic (exact) mass is 222 g/mol. The molecule has 1 aromatic rings. The van der Waals surface area contributed by atoms with E-state index < -0.39 is 0 Å². The van der Waals surface area contributed by atoms with Crippen LogP contribution >= 0.6 is 0 Å². The lowest BCUT2D eigenvalue weighted by molar-refractivity contribution is 0.0595. The van der Waals surface area contributed by atoms with Crippen LogP contribution in [0.2, 0.25) is 0 Å². The van der Waals surface area contributed by atoms with Crippen LogP contribution in [0.3, 0.4) is 0 Å². The van der Waals surface area contributed by atoms with Gasteiger partial charge in [-0.2, -0.15) is 0 Å². The minimum Gasteiger partial charge on any atom is -0.464 e. The number of hydrogen-bond donors (Lipinski definition) is 2. The highest BCUT2D eigenvalue weighted by molar-refractivity contribution is 5.87. The topological polar surface area (TPSA) is 54.1 Å². The average Bonchev–Trinajstić information content (AvgIpc) is 2.69. The quantitative estimate of drug-likeness (QED) is 0.745. The van der Waals surface area contributed by atoms with E-state index in [2.05, 4.69) is 15.0 Å². The first-order valence-electron chi connectivity index (χ1n) is 5.76. The van der Waals surface area contributed by atoms with Crippen molar-refractivity contribution in [2.45, 2.75) is 25.8 Å². The number of aromatic amines is 1. The Morgan fingerprint density at radius 3 is 3.06 bits per heavy atom. The van der Waals surface area contributed by atoms with E-state index in [0.717, 1.165) is 24.6 Å². The van der Waals surface area contributed by atoms with Crippen LogP contribution in [0.1, 0.15) is 35.3 Å². The van der Waals surface area contributed by atoms with Gasteiger partial charge in [0.05, 0.1) is 7.11 Å². The predicted octanol–water partition coefficient (Wildman–Crippen LogP) is 1.69. The van der Waals surface area contributed by atoms with Crippen LogP contribution < -0.4 is 5.32 Å². The summed E-state index contributed by atoms with van der Waals surface area (Å²) >= 11 is 0. The molecular formula is C12H18N2O2. The van der Waals surface area contributed by atoms with Crippen LogP contribution in [-0.2, 0) is 11.3 Å². The molecule has 0 atom stereocenters. The van der Waals surface area contributed by atoms with Crippen molar-refractivity contribution in [2.75, 3.05) is 13.7 Å². The molecule has 0 spiro atoms. The first kappa shape index (κ1) is 11.2. The van der Waals surface area contributed by atoms with E-state index in [1.54, 1.807) is 0 Å². The van der Waals surface area contributed by atoms with E-state index in [-0.39, 0.29) is 5.97 Å². The molecule has 16 heavy (non-hydrogen) atoms. The predicted molar refractivity (Wildman–Crippen MR) is 61.2 cm³/mol. The molecule has 1 aliphatic rings. The van der Waals surface area contributed by atoms with Crippen LogP contribution in [0.4, 0.5) is 0 Å². The van der Waals surface area contributed by atoms with Crippen molar-refractivity contribution in [1.29, 1.82) is 0 Å². The molecule has 0 unspecified atom stereocenters. The molecule has 2 N–H and O–H groups in total. The lowest BCUT2D eigenvalue weighted by Gasteiger charge is -2.25. The molecule has 0 bridgehead atoms. The number of ether oxygens (including phenoxy) is 1. The second kappa shape index (κ2) is 5.16. The summed E-state index contributed by atoms with van der Waals surface area (Å²) in [5.41, 5.74) is 1.61. The van der Waals surface area contributed by atoms with Crippen LogP contribution in [0.5, 0.6) is 0 Å². The molecule has 1 heterocycles. The maximum Gasteiger partial charge on any atom is 0.354 e. The normalized spacial score (nSPS) is 15.8. The fourth-order valence-electron chi connectivity index (χ4n) is 1.89. The summed E-state index contributed by atoms with van der Waals surface area (Å²) in [6.45, 7) is 1.89. The van der Waals surface area contributed by atoms with Crippen LogP contribution in [0.25, 0.3) is 0 Å². The Hall–Kier alpha value is -1.29. The number of rotatable bonds is 5. The summed E-state index contributed by atoms with van der Waals surface area (Å²) in [6, 6.07) is 1.83. The van der Waals surface area contributed by atoms with Crippen molar-refractivity contribution in [2.24, 2.45) is 5.92 Å². The molecule has 1 aliphatic carbocycles. The van der Waals surface area contributed by atoms with Gasteiger partial charge in [0.1, 0.15) is 5.69 Å². The molecule has 2 rings (SSSR count). The molecule has 0 aromatic carbocycles. The molecule has 4 heteroatoms. The van der Waals surface area contributed by atoms with Gasteiger partial charge in [-0.15, -0.1) is 0 Å². The van der Waals surface area contributed by atoms with Crippen molar-refractivity contribution < 1.29 is 9.53 Å². The van der Waals surface area contributed by atoms with Gasteiger partial charge in [-0.1, -0.05) is 6.42 Å². The zero-order valence-corrected chi connectivity index (χ0v) is 9.58. The fourth-order valence-corrected chi connectivity index (χ4v) is 1.89. The van der Waals surface area contributed by atoms with Crippen molar-refractivity contribution in [3.05, 3.63) is 23.5 Å². The maximum absolute atomic E-state index is 11.2. The van der Waals surface area contributed by atoms with Gasteiger partial charge < -0.3 is 15.0 Å². The lowest BCUT2D eigenvalue weighted by atomic mass is 9.85. The summed E-state index contributed by atoms with van der Waals surface area (Å²) in [6.07, 6.45) is 5.93. The fraction of sp³-hybridized carbons (Fsp3) is 0.583. The molecule has 1 saturated carbocycles. The highest BCUT2D eigenvalue weighted by atomic mass is 16.5. The zero-order valence-electron chi connectivity index (χ0n) is 9.58. The summed E-state index contributed by atoms with van der Waals surface area (Å²) in [7, 11) is 1.39. The number of hydrogen-bond acceptors (Lipinski definition) is 3. The standard InChI is InChI=1S/C12H18N2O2/c1-16-12(15)11-5-10(8-14-11)7-13-6-9-3-2-4-9/h5,8-9,13-14H,2-4,6-7H2,1H3. The zero-order chi connectivity index (χ0) is 11.4. The summed E-state index contributed by atoms with van der Waals surface area (Å²) in [4.78, 5) is 14.1. The third-order valence-corrected chi connectivity index (χ3v) is 3.13. The second-order valence-electron chi connectivity index (χ2n) is 4.34. The largest absolute Gasteiger partial charge is 0.464 e. The Kier molecular flexibility index (Phi) is 3.62. The van der Waals surface area contributed by atoms with E-state index in [1.807, 2.05) is 12.3 Å². The Bertz CT molecular complexity index is 356. The van der Waals surface area contributed by atoms with Gasteiger partial charge in [0, 0.05) is 12.7 Å². The first-order chi connectivity index (χ1) is 7.79. The summed E-state index contributed by atoms with van der Waals surface area (Å²) < 4.78 is 4.63. The van der Waals surface area contributed by atoms with Gasteiger partial charge >= 0.3 is 5.97 Å². The van der Waals surface area contributed by atoms with E-state index >= 15 is 0 Å². The van der Waals surface area contributed by atoms with E-state index in [4.69, 9.17) is 0 Å². The van der Waals surface area contributed by atoms with Gasteiger partial charge in [0.25, 0.3) is 0 Å². The van der Waals surface area contributed by atoms with Crippen LogP contribution in [-0.4, -0.2) is 24.6 Å². The number of carbonyl (C=O) groups is 1. The average molecular weight is 222 g/mol. The SMILES string of the molecule is COC(=O)c1cc(CNCC2CCC2)c[nH]1. The van der Waals surface area contributed by atoms with Crippen molar-refractivity contribution in [1.82, 2.24) is 10.3 Å². The second-order valence-corrected chi connectivity index (χ2v) is 4.34. The van der Waals surface area contributed by atoms with Crippen LogP contribution in [0, 0.1) is 5.92 Å². The minimum atomic E-state index is -0.315. The van der Waals surface area contributed by atoms with Crippen molar-refractivity contribution >= 4 is 5.97 Å². The molecule has 0 saturated heterocycles. The highest BCUT2D eigenvalue weighted by Gasteiger charge is 2.16. The van der Waals surface area contributed by atoms with Gasteiger partial charge in [0.15, 0.2) is 0 Å². The Labute approximate surface area is 95.4 Å². The molecule has 1 aromatic heterocycles. The number of nitrogens with one attached hydrogen (secondary N) is 2. The minimum absolute atomic E-state index is 0.315. The molecule has 88 valence electrons. The van der Waals surface area contributed by atoms with Crippen LogP contribution in [0.15, 0.2) is 12.3 Å². The lowest BCUT2D eigenvalue weighted by Crippen LogP contribution is -2.26. The number of carbonyl (C=O) groups excluding carboxylic acids is 1. The Morgan fingerprint density at radius 1 is 1.62 bits per heavy atom. The Balaban J connectivity index is 1.76. The number of esters is 1. The number of methoxy groups -OCH3 is 1. The third-order valence-electron chi connectivity index (χ3n) is 3.13. The van der Waals surface area contributed by atoms with Gasteiger partial charge in [0.2, 0.25) is 0 Å². The first-order valence-corrected chi connectivity index (χ1v) is 5.76. The van der Waals surface area contributed by atoms with E-state index in [1.165, 1.54) is 26.4 Å². The van der Waals surface area contributed by atoms with E-state index in [9.17, 15) is 4.79 Å². The highest BCUT2D eigenvalue weighted by Crippen LogP contribution is 2.25. The smallest absolute Gasteiger partial charge is 0.354 e. The van der Waals surface area contributed by atoms with Gasteiger partial charge in [-0.25, -0.2) is 4.79 Å². The van der Waals surface area contributed by atoms with Crippen molar-refractivity contribution in [3.63, 3.8) is 0 Å². The molecule has 0 radical (unpaired) electrons. The van der Waals surface area contributed by atoms with E-state index in [0.29, 0.717) is 5.69 Å². The van der Waals surface area contributed by atoms with Gasteiger partial charge in [-0.05, 0) is 36.9 Å². The molecule has 1 fully saturated rings. The number of aromatic nitrogens is 1. The summed E-state index contributed by atoms with van der Waals surface area (Å²) in [5.74, 6) is 0.546. The van der Waals surface area contributed by atoms with Crippen molar-refractivity contribution in [3.8, 4) is 0 Å². The maximum atomic E-state index is 11.2. The number of H-pyrrole nitrogens is 1. The van der Waals surface area contributed by atoms with Gasteiger partial charge in [-0.3, -0.25) is 0 Å². The Morgan fingerprint density at radius 2 is 2.44 bits per heavy atom. The molecule has 0 aliphatic heterocycles. The third kappa shape index (κ3) is 2.64. The summed E-state index contributed by atoms with van der Waals surface area (Å²) in [5, 5.41) is 3.40. The molecular weight excluding hydrogens is 204 g/mol. The molecule has 0 amide bonds. The molecule has 4 nitrogen and oxygen atoms in total.